The Morgan fingerprint density at radius 3 is 2.77 bits per heavy atom. The molecular formula is C23H25N5O2. The molecule has 0 unspecified atom stereocenters. The fourth-order valence-corrected chi connectivity index (χ4v) is 3.90. The van der Waals surface area contributed by atoms with E-state index in [9.17, 15) is 9.59 Å². The summed E-state index contributed by atoms with van der Waals surface area (Å²) in [6, 6.07) is 11.2. The first-order chi connectivity index (χ1) is 14.5. The molecule has 3 heterocycles. The van der Waals surface area contributed by atoms with Crippen LogP contribution in [0.25, 0.3) is 0 Å². The van der Waals surface area contributed by atoms with Gasteiger partial charge in [-0.2, -0.15) is 5.10 Å². The van der Waals surface area contributed by atoms with Crippen molar-refractivity contribution in [2.45, 2.75) is 26.3 Å². The third kappa shape index (κ3) is 4.10. The van der Waals surface area contributed by atoms with Crippen LogP contribution in [0.15, 0.2) is 48.8 Å². The van der Waals surface area contributed by atoms with Crippen LogP contribution in [0, 0.1) is 6.92 Å². The van der Waals surface area contributed by atoms with Crippen molar-refractivity contribution in [2.75, 3.05) is 13.1 Å². The average molecular weight is 403 g/mol. The first-order valence-corrected chi connectivity index (χ1v) is 10.1. The van der Waals surface area contributed by atoms with E-state index in [0.717, 1.165) is 28.9 Å². The molecule has 0 fully saturated rings. The molecule has 1 aromatic carbocycles. The molecule has 2 aromatic heterocycles. The van der Waals surface area contributed by atoms with E-state index in [1.165, 1.54) is 0 Å². The predicted molar refractivity (Wildman–Crippen MR) is 113 cm³/mol. The number of carbonyl (C=O) groups excluding carboxylic acids is 2. The number of pyridine rings is 1. The van der Waals surface area contributed by atoms with Crippen LogP contribution < -0.4 is 5.32 Å². The Balaban J connectivity index is 1.44. The van der Waals surface area contributed by atoms with Gasteiger partial charge in [0.2, 0.25) is 0 Å². The summed E-state index contributed by atoms with van der Waals surface area (Å²) in [6.45, 7) is 3.69. The van der Waals surface area contributed by atoms with Gasteiger partial charge in [-0.3, -0.25) is 19.3 Å². The number of benzene rings is 1. The zero-order chi connectivity index (χ0) is 21.1. The second-order valence-electron chi connectivity index (χ2n) is 7.59. The first kappa shape index (κ1) is 19.8. The van der Waals surface area contributed by atoms with E-state index in [-0.39, 0.29) is 11.8 Å². The predicted octanol–water partition coefficient (Wildman–Crippen LogP) is 2.29. The van der Waals surface area contributed by atoms with Crippen LogP contribution in [0.2, 0.25) is 0 Å². The van der Waals surface area contributed by atoms with E-state index >= 15 is 0 Å². The van der Waals surface area contributed by atoms with E-state index < -0.39 is 0 Å². The van der Waals surface area contributed by atoms with Crippen LogP contribution in [-0.2, 0) is 26.4 Å². The zero-order valence-electron chi connectivity index (χ0n) is 17.3. The van der Waals surface area contributed by atoms with Gasteiger partial charge in [0, 0.05) is 68.7 Å². The van der Waals surface area contributed by atoms with Gasteiger partial charge < -0.3 is 10.2 Å². The number of rotatable bonds is 5. The van der Waals surface area contributed by atoms with E-state index in [1.807, 2.05) is 47.8 Å². The summed E-state index contributed by atoms with van der Waals surface area (Å²) in [5.74, 6) is -0.104. The molecule has 2 amide bonds. The SMILES string of the molecule is Cc1cccc(C(=O)N2CCc3c(c(CCNC(=O)c4cccnc4)nn3C)C2)c1. The third-order valence-electron chi connectivity index (χ3n) is 5.45. The van der Waals surface area contributed by atoms with Crippen molar-refractivity contribution in [3.05, 3.63) is 82.4 Å². The molecule has 1 aliphatic heterocycles. The fraction of sp³-hybridized carbons (Fsp3) is 0.304. The van der Waals surface area contributed by atoms with Gasteiger partial charge in [-0.1, -0.05) is 17.7 Å². The molecule has 3 aromatic rings. The molecule has 0 bridgehead atoms. The van der Waals surface area contributed by atoms with E-state index in [1.54, 1.807) is 24.5 Å². The molecule has 7 heteroatoms. The third-order valence-corrected chi connectivity index (χ3v) is 5.45. The Morgan fingerprint density at radius 2 is 2.00 bits per heavy atom. The lowest BCUT2D eigenvalue weighted by Gasteiger charge is -2.28. The Hall–Kier alpha value is -3.48. The molecule has 7 nitrogen and oxygen atoms in total. The minimum atomic E-state index is -0.149. The van der Waals surface area contributed by atoms with Gasteiger partial charge in [-0.25, -0.2) is 0 Å². The van der Waals surface area contributed by atoms with Crippen LogP contribution >= 0.6 is 0 Å². The summed E-state index contributed by atoms with van der Waals surface area (Å²) in [5, 5.41) is 7.58. The topological polar surface area (TPSA) is 80.1 Å². The minimum Gasteiger partial charge on any atom is -0.352 e. The highest BCUT2D eigenvalue weighted by Crippen LogP contribution is 2.24. The molecule has 0 saturated heterocycles. The Kier molecular flexibility index (Phi) is 5.61. The summed E-state index contributed by atoms with van der Waals surface area (Å²) in [6.07, 6.45) is 4.58. The molecule has 1 N–H and O–H groups in total. The van der Waals surface area contributed by atoms with E-state index in [4.69, 9.17) is 0 Å². The van der Waals surface area contributed by atoms with Gasteiger partial charge in [0.1, 0.15) is 0 Å². The molecule has 0 spiro atoms. The average Bonchev–Trinajstić information content (AvgIpc) is 3.08. The maximum absolute atomic E-state index is 13.0. The van der Waals surface area contributed by atoms with Crippen molar-refractivity contribution in [1.82, 2.24) is 25.0 Å². The first-order valence-electron chi connectivity index (χ1n) is 10.1. The standard InChI is InChI=1S/C23H25N5O2/c1-16-5-3-6-17(13-16)23(30)28-12-9-21-19(15-28)20(26-27(21)2)8-11-25-22(29)18-7-4-10-24-14-18/h3-7,10,13-14H,8-9,11-12,15H2,1-2H3,(H,25,29). The fourth-order valence-electron chi connectivity index (χ4n) is 3.90. The lowest BCUT2D eigenvalue weighted by atomic mass is 10.0. The van der Waals surface area contributed by atoms with Crippen LogP contribution in [0.4, 0.5) is 0 Å². The molecule has 0 atom stereocenters. The summed E-state index contributed by atoms with van der Waals surface area (Å²) in [5.41, 5.74) is 5.52. The second kappa shape index (κ2) is 8.49. The van der Waals surface area contributed by atoms with Crippen LogP contribution in [0.3, 0.4) is 0 Å². The number of nitrogens with one attached hydrogen (secondary N) is 1. The van der Waals surface area contributed by atoms with Crippen LogP contribution in [-0.4, -0.2) is 44.6 Å². The van der Waals surface area contributed by atoms with Gasteiger partial charge in [-0.15, -0.1) is 0 Å². The van der Waals surface area contributed by atoms with E-state index in [0.29, 0.717) is 37.2 Å². The number of hydrogen-bond donors (Lipinski definition) is 1. The van der Waals surface area contributed by atoms with Crippen molar-refractivity contribution in [3.8, 4) is 0 Å². The highest BCUT2D eigenvalue weighted by molar-refractivity contribution is 5.94. The molecule has 0 radical (unpaired) electrons. The largest absolute Gasteiger partial charge is 0.352 e. The highest BCUT2D eigenvalue weighted by Gasteiger charge is 2.27. The summed E-state index contributed by atoms with van der Waals surface area (Å²) < 4.78 is 1.90. The molecule has 30 heavy (non-hydrogen) atoms. The zero-order valence-corrected chi connectivity index (χ0v) is 17.3. The molecule has 1 aliphatic rings. The number of hydrogen-bond acceptors (Lipinski definition) is 4. The number of carbonyl (C=O) groups is 2. The van der Waals surface area contributed by atoms with Gasteiger partial charge >= 0.3 is 0 Å². The second-order valence-corrected chi connectivity index (χ2v) is 7.59. The quantitative estimate of drug-likeness (QED) is 0.709. The molecule has 4 rings (SSSR count). The number of nitrogens with zero attached hydrogens (tertiary/aromatic N) is 4. The normalized spacial score (nSPS) is 13.1. The van der Waals surface area contributed by atoms with Crippen molar-refractivity contribution >= 4 is 11.8 Å². The highest BCUT2D eigenvalue weighted by atomic mass is 16.2. The smallest absolute Gasteiger partial charge is 0.254 e. The van der Waals surface area contributed by atoms with Crippen LogP contribution in [0.1, 0.15) is 43.2 Å². The summed E-state index contributed by atoms with van der Waals surface area (Å²) in [7, 11) is 1.94. The Bertz CT molecular complexity index is 1070. The number of aromatic nitrogens is 3. The maximum atomic E-state index is 13.0. The van der Waals surface area contributed by atoms with Crippen molar-refractivity contribution in [1.29, 1.82) is 0 Å². The number of aryl methyl sites for hydroxylation is 2. The van der Waals surface area contributed by atoms with Crippen molar-refractivity contribution in [2.24, 2.45) is 7.05 Å². The Morgan fingerprint density at radius 1 is 1.17 bits per heavy atom. The summed E-state index contributed by atoms with van der Waals surface area (Å²) in [4.78, 5) is 31.1. The molecular weight excluding hydrogens is 378 g/mol. The molecule has 0 saturated carbocycles. The van der Waals surface area contributed by atoms with Crippen molar-refractivity contribution < 1.29 is 9.59 Å². The maximum Gasteiger partial charge on any atom is 0.254 e. The number of fused-ring (bicyclic) bond motifs is 1. The van der Waals surface area contributed by atoms with Gasteiger partial charge in [0.15, 0.2) is 0 Å². The minimum absolute atomic E-state index is 0.0454. The molecule has 154 valence electrons. The van der Waals surface area contributed by atoms with Gasteiger partial charge in [0.05, 0.1) is 11.3 Å². The lowest BCUT2D eigenvalue weighted by molar-refractivity contribution is 0.0733. The van der Waals surface area contributed by atoms with Crippen molar-refractivity contribution in [3.63, 3.8) is 0 Å². The summed E-state index contributed by atoms with van der Waals surface area (Å²) >= 11 is 0. The van der Waals surface area contributed by atoms with E-state index in [2.05, 4.69) is 15.4 Å². The van der Waals surface area contributed by atoms with Gasteiger partial charge in [0.25, 0.3) is 11.8 Å². The lowest BCUT2D eigenvalue weighted by Crippen LogP contribution is -2.36. The Labute approximate surface area is 175 Å². The monoisotopic (exact) mass is 403 g/mol. The van der Waals surface area contributed by atoms with Gasteiger partial charge in [-0.05, 0) is 31.2 Å². The van der Waals surface area contributed by atoms with Crippen LogP contribution in [0.5, 0.6) is 0 Å². The number of amides is 2. The molecule has 0 aliphatic carbocycles.